The van der Waals surface area contributed by atoms with Crippen molar-refractivity contribution in [2.45, 2.75) is 19.8 Å². The van der Waals surface area contributed by atoms with Gasteiger partial charge in [-0.05, 0) is 49.6 Å². The number of carbonyl (C=O) groups is 1. The van der Waals surface area contributed by atoms with Gasteiger partial charge in [0, 0.05) is 36.3 Å². The van der Waals surface area contributed by atoms with Gasteiger partial charge in [0.2, 0.25) is 5.91 Å². The van der Waals surface area contributed by atoms with Gasteiger partial charge in [0.05, 0.1) is 16.8 Å². The van der Waals surface area contributed by atoms with Gasteiger partial charge in [-0.25, -0.2) is 4.39 Å². The van der Waals surface area contributed by atoms with Gasteiger partial charge in [-0.3, -0.25) is 9.78 Å². The van der Waals surface area contributed by atoms with Crippen LogP contribution in [0.1, 0.15) is 24.0 Å². The number of halogens is 1. The molecule has 0 aliphatic carbocycles. The van der Waals surface area contributed by atoms with Crippen LogP contribution >= 0.6 is 0 Å². The first-order valence-corrected chi connectivity index (χ1v) is 9.66. The van der Waals surface area contributed by atoms with E-state index < -0.39 is 0 Å². The number of nitriles is 1. The Morgan fingerprint density at radius 3 is 2.72 bits per heavy atom. The molecule has 1 aliphatic heterocycles. The quantitative estimate of drug-likeness (QED) is 0.722. The summed E-state index contributed by atoms with van der Waals surface area (Å²) < 4.78 is 13.8. The molecule has 0 spiro atoms. The van der Waals surface area contributed by atoms with E-state index in [1.165, 1.54) is 18.3 Å². The summed E-state index contributed by atoms with van der Waals surface area (Å²) in [6.07, 6.45) is 2.87. The Kier molecular flexibility index (Phi) is 5.13. The van der Waals surface area contributed by atoms with Gasteiger partial charge in [0.15, 0.2) is 0 Å². The van der Waals surface area contributed by atoms with Gasteiger partial charge in [0.25, 0.3) is 0 Å². The number of anilines is 2. The Labute approximate surface area is 168 Å². The smallest absolute Gasteiger partial charge is 0.227 e. The Morgan fingerprint density at radius 1 is 1.24 bits per heavy atom. The molecule has 146 valence electrons. The zero-order chi connectivity index (χ0) is 20.4. The molecule has 1 fully saturated rings. The maximum atomic E-state index is 13.8. The average Bonchev–Trinajstić information content (AvgIpc) is 2.74. The summed E-state index contributed by atoms with van der Waals surface area (Å²) in [5.41, 5.74) is 3.64. The van der Waals surface area contributed by atoms with Gasteiger partial charge in [-0.2, -0.15) is 5.26 Å². The first-order chi connectivity index (χ1) is 14.1. The molecule has 0 saturated carbocycles. The second-order valence-corrected chi connectivity index (χ2v) is 7.36. The number of carbonyl (C=O) groups excluding carboxylic acids is 1. The van der Waals surface area contributed by atoms with Crippen molar-refractivity contribution in [3.8, 4) is 6.07 Å². The van der Waals surface area contributed by atoms with Crippen LogP contribution in [0.4, 0.5) is 15.8 Å². The summed E-state index contributed by atoms with van der Waals surface area (Å²) in [7, 11) is 0. The number of pyridine rings is 1. The fourth-order valence-corrected chi connectivity index (χ4v) is 3.89. The highest BCUT2D eigenvalue weighted by molar-refractivity contribution is 5.95. The minimum Gasteiger partial charge on any atom is -0.370 e. The number of nitrogens with one attached hydrogen (secondary N) is 1. The minimum absolute atomic E-state index is 0.0186. The van der Waals surface area contributed by atoms with Gasteiger partial charge in [-0.15, -0.1) is 0 Å². The van der Waals surface area contributed by atoms with Crippen molar-refractivity contribution in [1.82, 2.24) is 4.98 Å². The monoisotopic (exact) mass is 388 g/mol. The molecule has 3 aromatic rings. The van der Waals surface area contributed by atoms with E-state index in [0.717, 1.165) is 11.3 Å². The molecule has 1 aromatic heterocycles. The summed E-state index contributed by atoms with van der Waals surface area (Å²) in [6, 6.07) is 14.3. The Balaban J connectivity index is 1.53. The van der Waals surface area contributed by atoms with Gasteiger partial charge in [-0.1, -0.05) is 18.2 Å². The first kappa shape index (κ1) is 18.9. The van der Waals surface area contributed by atoms with E-state index in [1.54, 1.807) is 6.07 Å². The number of hydrogen-bond donors (Lipinski definition) is 1. The van der Waals surface area contributed by atoms with Crippen LogP contribution in [-0.2, 0) is 4.79 Å². The van der Waals surface area contributed by atoms with Crippen LogP contribution in [0.2, 0.25) is 0 Å². The molecule has 4 rings (SSSR count). The van der Waals surface area contributed by atoms with E-state index >= 15 is 0 Å². The molecule has 6 heteroatoms. The van der Waals surface area contributed by atoms with Crippen LogP contribution < -0.4 is 10.2 Å². The fourth-order valence-electron chi connectivity index (χ4n) is 3.89. The van der Waals surface area contributed by atoms with Crippen molar-refractivity contribution in [1.29, 1.82) is 5.26 Å². The van der Waals surface area contributed by atoms with Crippen molar-refractivity contribution < 1.29 is 9.18 Å². The number of para-hydroxylation sites is 1. The zero-order valence-corrected chi connectivity index (χ0v) is 16.2. The number of rotatable bonds is 3. The predicted octanol–water partition coefficient (Wildman–Crippen LogP) is 4.41. The van der Waals surface area contributed by atoms with Crippen molar-refractivity contribution in [2.75, 3.05) is 23.3 Å². The Hall–Kier alpha value is -3.46. The number of piperidine rings is 1. The van der Waals surface area contributed by atoms with Crippen LogP contribution in [0.25, 0.3) is 10.9 Å². The maximum Gasteiger partial charge on any atom is 0.227 e. The molecule has 0 atom stereocenters. The Bertz CT molecular complexity index is 1110. The van der Waals surface area contributed by atoms with E-state index in [9.17, 15) is 14.4 Å². The standard InChI is InChI=1S/C23H21FN4O/c1-15-4-2-3-5-20(15)27-23(29)16-8-10-28(11-9-16)22-17(13-25)14-26-21-7-6-18(24)12-19(21)22/h2-7,12,14,16H,8-11H2,1H3,(H,27,29). The molecule has 1 aliphatic rings. The van der Waals surface area contributed by atoms with Crippen molar-refractivity contribution >= 4 is 28.2 Å². The number of nitrogens with zero attached hydrogens (tertiary/aromatic N) is 3. The lowest BCUT2D eigenvalue weighted by Gasteiger charge is -2.34. The summed E-state index contributed by atoms with van der Waals surface area (Å²) in [6.45, 7) is 3.21. The number of aromatic nitrogens is 1. The minimum atomic E-state index is -0.358. The number of hydrogen-bond acceptors (Lipinski definition) is 4. The largest absolute Gasteiger partial charge is 0.370 e. The van der Waals surface area contributed by atoms with E-state index in [4.69, 9.17) is 0 Å². The van der Waals surface area contributed by atoms with Crippen molar-refractivity contribution in [3.05, 3.63) is 65.6 Å². The number of benzene rings is 2. The van der Waals surface area contributed by atoms with Crippen molar-refractivity contribution in [2.24, 2.45) is 5.92 Å². The highest BCUT2D eigenvalue weighted by Crippen LogP contribution is 2.33. The lowest BCUT2D eigenvalue weighted by molar-refractivity contribution is -0.120. The summed E-state index contributed by atoms with van der Waals surface area (Å²) >= 11 is 0. The summed E-state index contributed by atoms with van der Waals surface area (Å²) in [5.74, 6) is -0.436. The van der Waals surface area contributed by atoms with Gasteiger partial charge >= 0.3 is 0 Å². The lowest BCUT2D eigenvalue weighted by atomic mass is 9.94. The molecule has 0 radical (unpaired) electrons. The van der Waals surface area contributed by atoms with Crippen LogP contribution in [0, 0.1) is 30.0 Å². The summed E-state index contributed by atoms with van der Waals surface area (Å²) in [4.78, 5) is 19.0. The van der Waals surface area contributed by atoms with Crippen molar-refractivity contribution in [3.63, 3.8) is 0 Å². The number of fused-ring (bicyclic) bond motifs is 1. The van der Waals surface area contributed by atoms with Gasteiger partial charge in [0.1, 0.15) is 11.9 Å². The third kappa shape index (κ3) is 3.77. The molecular weight excluding hydrogens is 367 g/mol. The molecule has 0 unspecified atom stereocenters. The zero-order valence-electron chi connectivity index (χ0n) is 16.2. The second kappa shape index (κ2) is 7.88. The average molecular weight is 388 g/mol. The molecular formula is C23H21FN4O. The van der Waals surface area contributed by atoms with Gasteiger partial charge < -0.3 is 10.2 Å². The molecule has 2 heterocycles. The molecule has 1 N–H and O–H groups in total. The number of aryl methyl sites for hydroxylation is 1. The van der Waals surface area contributed by atoms with E-state index in [-0.39, 0.29) is 17.6 Å². The molecule has 5 nitrogen and oxygen atoms in total. The fraction of sp³-hybridized carbons (Fsp3) is 0.261. The number of amides is 1. The molecule has 0 bridgehead atoms. The molecule has 29 heavy (non-hydrogen) atoms. The maximum absolute atomic E-state index is 13.8. The van der Waals surface area contributed by atoms with Crippen LogP contribution in [0.3, 0.4) is 0 Å². The van der Waals surface area contributed by atoms with E-state index in [2.05, 4.69) is 21.3 Å². The molecule has 1 amide bonds. The highest BCUT2D eigenvalue weighted by Gasteiger charge is 2.27. The van der Waals surface area contributed by atoms with E-state index in [1.807, 2.05) is 31.2 Å². The first-order valence-electron chi connectivity index (χ1n) is 9.66. The topological polar surface area (TPSA) is 69.0 Å². The summed E-state index contributed by atoms with van der Waals surface area (Å²) in [5, 5.41) is 13.2. The van der Waals surface area contributed by atoms with Crippen LogP contribution in [-0.4, -0.2) is 24.0 Å². The molecule has 2 aromatic carbocycles. The highest BCUT2D eigenvalue weighted by atomic mass is 19.1. The normalized spacial score (nSPS) is 14.6. The second-order valence-electron chi connectivity index (χ2n) is 7.36. The Morgan fingerprint density at radius 2 is 2.00 bits per heavy atom. The predicted molar refractivity (Wildman–Crippen MR) is 111 cm³/mol. The van der Waals surface area contributed by atoms with Crippen LogP contribution in [0.5, 0.6) is 0 Å². The van der Waals surface area contributed by atoms with E-state index in [0.29, 0.717) is 48.1 Å². The lowest BCUT2D eigenvalue weighted by Crippen LogP contribution is -2.38. The molecule has 1 saturated heterocycles. The van der Waals surface area contributed by atoms with Crippen LogP contribution in [0.15, 0.2) is 48.7 Å². The third-order valence-electron chi connectivity index (χ3n) is 5.51. The SMILES string of the molecule is Cc1ccccc1NC(=O)C1CCN(c2c(C#N)cnc3ccc(F)cc23)CC1. The third-order valence-corrected chi connectivity index (χ3v) is 5.51.